The number of ether oxygens (including phenoxy) is 4. The zero-order chi connectivity index (χ0) is 54.4. The van der Waals surface area contributed by atoms with Crippen LogP contribution in [0.5, 0.6) is 23.0 Å². The molecular weight excluding hydrogens is 999 g/mol. The maximum Gasteiger partial charge on any atom is 0.164 e. The van der Waals surface area contributed by atoms with Gasteiger partial charge in [0.15, 0.2) is 11.5 Å². The monoisotopic (exact) mass is 1080 g/mol. The minimum Gasteiger partial charge on any atom is -0.508 e. The van der Waals surface area contributed by atoms with Crippen LogP contribution in [0.4, 0.5) is 0 Å². The molecule has 1 spiro atoms. The van der Waals surface area contributed by atoms with E-state index in [0.717, 1.165) is 132 Å². The van der Waals surface area contributed by atoms with Crippen LogP contribution < -0.4 is 15.4 Å². The smallest absolute Gasteiger partial charge is 0.164 e. The summed E-state index contributed by atoms with van der Waals surface area (Å²) in [6.45, 7) is 1.59. The average Bonchev–Trinajstić information content (AvgIpc) is 2.87. The Kier molecular flexibility index (Phi) is 14.8. The van der Waals surface area contributed by atoms with Crippen molar-refractivity contribution < 1.29 is 39.4 Å². The first-order chi connectivity index (χ1) is 39.1. The highest BCUT2D eigenvalue weighted by molar-refractivity contribution is 5.89. The maximum absolute atomic E-state index is 12.3. The molecule has 6 aromatic rings. The lowest BCUT2D eigenvalue weighted by atomic mass is 9.51. The number of phenols is 3. The molecule has 0 radical (unpaired) electrons. The molecular formula is C69H77N3O8. The van der Waals surface area contributed by atoms with E-state index >= 15 is 0 Å². The molecule has 1 aromatic heterocycles. The molecule has 3 aliphatic carbocycles. The van der Waals surface area contributed by atoms with Crippen molar-refractivity contribution in [3.63, 3.8) is 0 Å². The molecule has 5 aromatic carbocycles. The van der Waals surface area contributed by atoms with E-state index in [0.29, 0.717) is 57.3 Å². The van der Waals surface area contributed by atoms with Crippen LogP contribution in [0.2, 0.25) is 0 Å². The van der Waals surface area contributed by atoms with Gasteiger partial charge in [0.05, 0.1) is 31.1 Å². The van der Waals surface area contributed by atoms with Crippen LogP contribution in [0.15, 0.2) is 121 Å². The van der Waals surface area contributed by atoms with Gasteiger partial charge in [-0.3, -0.25) is 5.32 Å². The Morgan fingerprint density at radius 2 is 1.70 bits per heavy atom. The zero-order valence-electron chi connectivity index (χ0n) is 46.3. The van der Waals surface area contributed by atoms with Crippen LogP contribution in [-0.2, 0) is 58.3 Å². The topological polar surface area (TPSA) is 147 Å². The number of aromatic hydroxyl groups is 3. The third-order valence-electron chi connectivity index (χ3n) is 19.5. The normalized spacial score (nSPS) is 26.2. The van der Waals surface area contributed by atoms with Gasteiger partial charge in [-0.1, -0.05) is 91.8 Å². The van der Waals surface area contributed by atoms with Crippen molar-refractivity contribution in [2.75, 3.05) is 27.1 Å². The fraction of sp³-hybridized carbons (Fsp3) is 0.449. The molecule has 1 saturated heterocycles. The number of dihydropyridines is 1. The Bertz CT molecular complexity index is 3410. The van der Waals surface area contributed by atoms with Crippen molar-refractivity contribution in [1.82, 2.24) is 15.2 Å². The van der Waals surface area contributed by atoms with Crippen LogP contribution in [-0.4, -0.2) is 76.0 Å². The van der Waals surface area contributed by atoms with Gasteiger partial charge in [0.2, 0.25) is 0 Å². The Morgan fingerprint density at radius 3 is 2.59 bits per heavy atom. The number of aliphatic hydroxyl groups excluding tert-OH is 1. The number of hydrogen-bond acceptors (Lipinski definition) is 10. The molecule has 2 fully saturated rings. The van der Waals surface area contributed by atoms with E-state index < -0.39 is 6.10 Å². The van der Waals surface area contributed by atoms with Gasteiger partial charge in [-0.25, -0.2) is 0 Å². The summed E-state index contributed by atoms with van der Waals surface area (Å²) in [7, 11) is 1.69. The standard InChI is InChI=1S/C69H77N3O8/c1-77-43-70-65-37-49-19-17-44(15-16-45-18-24-61(74)51(31-45)32-46-10-7-12-55(73)33-46)9-8-13-56-38-63(76)50-20-23-57-48(34-50)21-25-62(75)66(57)79-41-53-36-54(35-52-39-72(40-58(52)53)67(71-65)59(49)42-78-56)69-29-30-80-68(27-5-2-6-28-68)64(69)26-22-47-11-3-4-14-60(47)69/h3-4,7,10-12,14,18,21,24-25,31,33,35-37,39-40,44,50,56,63-65,70-71,73-76H,2,5-6,8-9,13,15-16,20,22-23,26-30,32,34,38,41-43H2,1H3/t44-,50-,56+,63+,64-,65?,69-/m1/s1. The van der Waals surface area contributed by atoms with Gasteiger partial charge in [0.25, 0.3) is 0 Å². The van der Waals surface area contributed by atoms with Crippen LogP contribution in [0, 0.1) is 29.6 Å². The minimum atomic E-state index is -0.588. The number of nitrogens with zero attached hydrogens (tertiary/aromatic N) is 1. The van der Waals surface area contributed by atoms with Gasteiger partial charge in [-0.2, -0.15) is 0 Å². The second kappa shape index (κ2) is 22.4. The summed E-state index contributed by atoms with van der Waals surface area (Å²) in [5, 5.41) is 54.6. The third kappa shape index (κ3) is 10.2. The summed E-state index contributed by atoms with van der Waals surface area (Å²) in [4.78, 5) is 0. The number of hydrogen-bond donors (Lipinski definition) is 6. The Balaban J connectivity index is 0.941. The van der Waals surface area contributed by atoms with Gasteiger partial charge >= 0.3 is 0 Å². The summed E-state index contributed by atoms with van der Waals surface area (Å²) in [5.41, 5.74) is 11.7. The molecule has 8 bridgehead atoms. The van der Waals surface area contributed by atoms with Crippen molar-refractivity contribution in [3.8, 4) is 34.8 Å². The van der Waals surface area contributed by atoms with Crippen molar-refractivity contribution in [3.05, 3.63) is 171 Å². The molecule has 14 rings (SSSR count). The summed E-state index contributed by atoms with van der Waals surface area (Å²) >= 11 is 0. The van der Waals surface area contributed by atoms with E-state index in [4.69, 9.17) is 18.9 Å². The van der Waals surface area contributed by atoms with Gasteiger partial charge in [0, 0.05) is 77.3 Å². The van der Waals surface area contributed by atoms with Crippen LogP contribution in [0.1, 0.15) is 134 Å². The quantitative estimate of drug-likeness (QED) is 0.0611. The van der Waals surface area contributed by atoms with Crippen molar-refractivity contribution in [2.24, 2.45) is 17.8 Å². The summed E-state index contributed by atoms with van der Waals surface area (Å²) < 4.78 is 29.1. The minimum absolute atomic E-state index is 0.0266. The molecule has 1 unspecified atom stereocenters. The van der Waals surface area contributed by atoms with E-state index in [-0.39, 0.29) is 59.0 Å². The van der Waals surface area contributed by atoms with Crippen molar-refractivity contribution in [2.45, 2.75) is 152 Å². The molecule has 416 valence electrons. The fourth-order valence-corrected chi connectivity index (χ4v) is 15.5. The number of aliphatic hydroxyl groups is 1. The van der Waals surface area contributed by atoms with E-state index in [1.807, 2.05) is 24.3 Å². The highest BCUT2D eigenvalue weighted by Crippen LogP contribution is 2.60. The number of aromatic nitrogens is 1. The number of methoxy groups -OCH3 is 1. The summed E-state index contributed by atoms with van der Waals surface area (Å²) in [6, 6.07) is 31.0. The lowest BCUT2D eigenvalue weighted by Crippen LogP contribution is -2.59. The van der Waals surface area contributed by atoms with Gasteiger partial charge in [-0.15, -0.1) is 0 Å². The first kappa shape index (κ1) is 52.8. The van der Waals surface area contributed by atoms with Crippen molar-refractivity contribution >= 4 is 16.6 Å². The number of aryl methyl sites for hydroxylation is 2. The molecule has 5 aliphatic heterocycles. The highest BCUT2D eigenvalue weighted by atomic mass is 16.5. The lowest BCUT2D eigenvalue weighted by molar-refractivity contribution is -0.166. The third-order valence-corrected chi connectivity index (χ3v) is 19.5. The van der Waals surface area contributed by atoms with E-state index in [1.54, 1.807) is 31.4 Å². The predicted octanol–water partition coefficient (Wildman–Crippen LogP) is 11.8. The molecule has 6 N–H and O–H groups in total. The van der Waals surface area contributed by atoms with E-state index in [9.17, 15) is 20.4 Å². The van der Waals surface area contributed by atoms with Gasteiger partial charge in [0.1, 0.15) is 30.1 Å². The van der Waals surface area contributed by atoms with Crippen LogP contribution in [0.25, 0.3) is 16.6 Å². The largest absolute Gasteiger partial charge is 0.508 e. The fourth-order valence-electron chi connectivity index (χ4n) is 15.5. The van der Waals surface area contributed by atoms with Crippen LogP contribution in [0.3, 0.4) is 0 Å². The number of fused-ring (bicyclic) bond motifs is 7. The van der Waals surface area contributed by atoms with Crippen molar-refractivity contribution in [1.29, 1.82) is 0 Å². The molecule has 11 heteroatoms. The Hall–Kier alpha value is -6.52. The number of rotatable bonds is 9. The second-order valence-electron chi connectivity index (χ2n) is 24.2. The molecule has 1 saturated carbocycles. The Labute approximate surface area is 471 Å². The molecule has 8 aliphatic rings. The van der Waals surface area contributed by atoms with Gasteiger partial charge in [-0.05, 0) is 177 Å². The first-order valence-corrected chi connectivity index (χ1v) is 29.8. The van der Waals surface area contributed by atoms with E-state index in [2.05, 4.69) is 88.0 Å². The summed E-state index contributed by atoms with van der Waals surface area (Å²) in [6.07, 6.45) is 21.8. The molecule has 80 heavy (non-hydrogen) atoms. The number of nitrogens with one attached hydrogen (secondary N) is 2. The molecule has 6 heterocycles. The van der Waals surface area contributed by atoms with E-state index in [1.165, 1.54) is 36.0 Å². The molecule has 7 atom stereocenters. The average molecular weight is 1080 g/mol. The second-order valence-corrected chi connectivity index (χ2v) is 24.2. The maximum atomic E-state index is 12.3. The number of benzene rings is 5. The highest BCUT2D eigenvalue weighted by Gasteiger charge is 2.58. The van der Waals surface area contributed by atoms with Crippen LogP contribution >= 0.6 is 0 Å². The Morgan fingerprint density at radius 1 is 0.812 bits per heavy atom. The lowest BCUT2D eigenvalue weighted by Gasteiger charge is -2.59. The molecule has 11 nitrogen and oxygen atoms in total. The zero-order valence-corrected chi connectivity index (χ0v) is 46.3. The summed E-state index contributed by atoms with van der Waals surface area (Å²) in [5.74, 6) is 9.98. The number of phenolic OH excluding ortho intramolecular Hbond substituents is 3. The molecule has 0 amide bonds. The van der Waals surface area contributed by atoms with Gasteiger partial charge < -0.3 is 49.3 Å². The predicted molar refractivity (Wildman–Crippen MR) is 311 cm³/mol. The first-order valence-electron chi connectivity index (χ1n) is 29.8. The SMILES string of the molecule is COCNC1C=C2C#C[C@@H](CCc3ccc(O)c(Cc4cccc(O)c4)c3)CCC[C@H]3C[C@H](O)[C@@H]4CCc5c(ccc(O)c5OCc5cc([C@@]67CCOC8(CCCCC8)[C@H]6CCc6ccccc67)cc6cn(cc56)C(=C2CO3)N1)C4.